The lowest BCUT2D eigenvalue weighted by molar-refractivity contribution is -0.137. The van der Waals surface area contributed by atoms with Gasteiger partial charge in [0.1, 0.15) is 0 Å². The van der Waals surface area contributed by atoms with Crippen molar-refractivity contribution < 1.29 is 14.3 Å². The fraction of sp³-hybridized carbons (Fsp3) is 0.444. The number of hydrogen-bond donors (Lipinski definition) is 0. The lowest BCUT2D eigenvalue weighted by Gasteiger charge is -2.34. The number of nitrogens with zero attached hydrogens (tertiary/aromatic N) is 3. The van der Waals surface area contributed by atoms with E-state index in [1.54, 1.807) is 35.5 Å². The number of rotatable bonds is 3. The molecular formula is C18H21N3O3. The second kappa shape index (κ2) is 6.95. The maximum absolute atomic E-state index is 12.3. The van der Waals surface area contributed by atoms with Crippen LogP contribution < -0.4 is 0 Å². The molecule has 1 aliphatic heterocycles. The number of esters is 1. The number of carbonyl (C=O) groups is 2. The zero-order chi connectivity index (χ0) is 17.1. The minimum Gasteiger partial charge on any atom is -0.452 e. The predicted molar refractivity (Wildman–Crippen MR) is 89.3 cm³/mol. The summed E-state index contributed by atoms with van der Waals surface area (Å²) in [7, 11) is 0. The van der Waals surface area contributed by atoms with Crippen LogP contribution in [0.1, 0.15) is 30.6 Å². The molecule has 0 unspecified atom stereocenters. The molecule has 126 valence electrons. The SMILES string of the molecule is C[C@@H]1C[C@H](C)CN(C(=O)COC(=O)c2ccc3nccnc3c2)C1. The number of likely N-dealkylation sites (tertiary alicyclic amines) is 1. The van der Waals surface area contributed by atoms with E-state index in [0.717, 1.165) is 19.5 Å². The van der Waals surface area contributed by atoms with Crippen molar-refractivity contribution in [2.45, 2.75) is 20.3 Å². The summed E-state index contributed by atoms with van der Waals surface area (Å²) in [6.07, 6.45) is 4.29. The summed E-state index contributed by atoms with van der Waals surface area (Å²) >= 11 is 0. The molecule has 24 heavy (non-hydrogen) atoms. The van der Waals surface area contributed by atoms with Crippen LogP contribution in [0.3, 0.4) is 0 Å². The number of amides is 1. The third-order valence-electron chi connectivity index (χ3n) is 4.25. The predicted octanol–water partition coefficient (Wildman–Crippen LogP) is 2.29. The average molecular weight is 327 g/mol. The minimum absolute atomic E-state index is 0.137. The molecule has 0 bridgehead atoms. The third kappa shape index (κ3) is 3.69. The number of ether oxygens (including phenoxy) is 1. The van der Waals surface area contributed by atoms with E-state index in [1.807, 2.05) is 0 Å². The second-order valence-corrected chi connectivity index (χ2v) is 6.58. The van der Waals surface area contributed by atoms with E-state index in [-0.39, 0.29) is 12.5 Å². The molecule has 0 aliphatic carbocycles. The monoisotopic (exact) mass is 327 g/mol. The molecule has 1 aromatic carbocycles. The van der Waals surface area contributed by atoms with Crippen molar-refractivity contribution in [1.29, 1.82) is 0 Å². The molecule has 1 saturated heterocycles. The van der Waals surface area contributed by atoms with Crippen LogP contribution in [0, 0.1) is 11.8 Å². The Morgan fingerprint density at radius 2 is 1.79 bits per heavy atom. The van der Waals surface area contributed by atoms with Gasteiger partial charge in [-0.3, -0.25) is 14.8 Å². The Morgan fingerprint density at radius 3 is 2.50 bits per heavy atom. The van der Waals surface area contributed by atoms with E-state index in [2.05, 4.69) is 23.8 Å². The maximum Gasteiger partial charge on any atom is 0.338 e. The summed E-state index contributed by atoms with van der Waals surface area (Å²) < 4.78 is 5.18. The number of aromatic nitrogens is 2. The molecule has 1 fully saturated rings. The van der Waals surface area contributed by atoms with Gasteiger partial charge < -0.3 is 9.64 Å². The molecule has 1 aromatic heterocycles. The highest BCUT2D eigenvalue weighted by Gasteiger charge is 2.26. The quantitative estimate of drug-likeness (QED) is 0.809. The summed E-state index contributed by atoms with van der Waals surface area (Å²) in [5.74, 6) is 0.302. The van der Waals surface area contributed by atoms with Gasteiger partial charge >= 0.3 is 5.97 Å². The van der Waals surface area contributed by atoms with E-state index in [1.165, 1.54) is 0 Å². The smallest absolute Gasteiger partial charge is 0.338 e. The highest BCUT2D eigenvalue weighted by atomic mass is 16.5. The van der Waals surface area contributed by atoms with Crippen molar-refractivity contribution in [2.24, 2.45) is 11.8 Å². The van der Waals surface area contributed by atoms with Crippen LogP contribution in [0.2, 0.25) is 0 Å². The fourth-order valence-corrected chi connectivity index (χ4v) is 3.26. The number of carbonyl (C=O) groups excluding carboxylic acids is 2. The maximum atomic E-state index is 12.3. The molecule has 2 heterocycles. The summed E-state index contributed by atoms with van der Waals surface area (Å²) in [4.78, 5) is 34.5. The Morgan fingerprint density at radius 1 is 1.12 bits per heavy atom. The van der Waals surface area contributed by atoms with E-state index in [4.69, 9.17) is 4.74 Å². The van der Waals surface area contributed by atoms with Crippen LogP contribution in [-0.2, 0) is 9.53 Å². The number of fused-ring (bicyclic) bond motifs is 1. The van der Waals surface area contributed by atoms with Gasteiger partial charge in [0.2, 0.25) is 0 Å². The van der Waals surface area contributed by atoms with E-state index in [0.29, 0.717) is 28.4 Å². The van der Waals surface area contributed by atoms with E-state index >= 15 is 0 Å². The Balaban J connectivity index is 1.60. The van der Waals surface area contributed by atoms with Crippen LogP contribution in [-0.4, -0.2) is 46.4 Å². The molecule has 0 N–H and O–H groups in total. The van der Waals surface area contributed by atoms with Gasteiger partial charge in [0.05, 0.1) is 16.6 Å². The second-order valence-electron chi connectivity index (χ2n) is 6.58. The zero-order valence-electron chi connectivity index (χ0n) is 13.9. The summed E-state index contributed by atoms with van der Waals surface area (Å²) in [5, 5.41) is 0. The number of piperidine rings is 1. The Hall–Kier alpha value is -2.50. The fourth-order valence-electron chi connectivity index (χ4n) is 3.26. The Bertz CT molecular complexity index is 752. The van der Waals surface area contributed by atoms with Gasteiger partial charge in [-0.15, -0.1) is 0 Å². The van der Waals surface area contributed by atoms with Gasteiger partial charge in [0.25, 0.3) is 5.91 Å². The highest BCUT2D eigenvalue weighted by Crippen LogP contribution is 2.21. The van der Waals surface area contributed by atoms with Gasteiger partial charge in [0, 0.05) is 25.5 Å². The van der Waals surface area contributed by atoms with Crippen LogP contribution in [0.5, 0.6) is 0 Å². The van der Waals surface area contributed by atoms with Gasteiger partial charge in [0.15, 0.2) is 6.61 Å². The van der Waals surface area contributed by atoms with Crippen molar-refractivity contribution in [3.8, 4) is 0 Å². The molecule has 0 radical (unpaired) electrons. The van der Waals surface area contributed by atoms with Crippen LogP contribution in [0.25, 0.3) is 11.0 Å². The van der Waals surface area contributed by atoms with Crippen molar-refractivity contribution >= 4 is 22.9 Å². The molecule has 2 atom stereocenters. The molecule has 0 saturated carbocycles. The van der Waals surface area contributed by atoms with Crippen molar-refractivity contribution in [1.82, 2.24) is 14.9 Å². The Kier molecular flexibility index (Phi) is 4.74. The number of benzene rings is 1. The zero-order valence-corrected chi connectivity index (χ0v) is 13.9. The van der Waals surface area contributed by atoms with Crippen LogP contribution >= 0.6 is 0 Å². The van der Waals surface area contributed by atoms with Gasteiger partial charge in [-0.2, -0.15) is 0 Å². The molecule has 3 rings (SSSR count). The van der Waals surface area contributed by atoms with E-state index in [9.17, 15) is 9.59 Å². The normalized spacial score (nSPS) is 20.8. The first kappa shape index (κ1) is 16.4. The largest absolute Gasteiger partial charge is 0.452 e. The van der Waals surface area contributed by atoms with Gasteiger partial charge in [-0.05, 0) is 36.5 Å². The molecule has 1 aliphatic rings. The first-order chi connectivity index (χ1) is 11.5. The topological polar surface area (TPSA) is 72.4 Å². The lowest BCUT2D eigenvalue weighted by atomic mass is 9.92. The Labute approximate surface area is 140 Å². The lowest BCUT2D eigenvalue weighted by Crippen LogP contribution is -2.44. The molecule has 1 amide bonds. The third-order valence-corrected chi connectivity index (χ3v) is 4.25. The summed E-state index contributed by atoms with van der Waals surface area (Å²) in [6, 6.07) is 4.98. The van der Waals surface area contributed by atoms with Gasteiger partial charge in [-0.1, -0.05) is 13.8 Å². The van der Waals surface area contributed by atoms with Crippen LogP contribution in [0.15, 0.2) is 30.6 Å². The highest BCUT2D eigenvalue weighted by molar-refractivity contribution is 5.94. The molecule has 6 nitrogen and oxygen atoms in total. The standard InChI is InChI=1S/C18H21N3O3/c1-12-7-13(2)10-21(9-12)17(22)11-24-18(23)14-3-4-15-16(8-14)20-6-5-19-15/h3-6,8,12-13H,7,9-11H2,1-2H3/t12-,13+. The molecule has 0 spiro atoms. The summed E-state index contributed by atoms with van der Waals surface area (Å²) in [5.41, 5.74) is 1.70. The van der Waals surface area contributed by atoms with Gasteiger partial charge in [-0.25, -0.2) is 4.79 Å². The first-order valence-electron chi connectivity index (χ1n) is 8.18. The van der Waals surface area contributed by atoms with E-state index < -0.39 is 5.97 Å². The van der Waals surface area contributed by atoms with Crippen molar-refractivity contribution in [3.05, 3.63) is 36.2 Å². The molecule has 2 aromatic rings. The number of hydrogen-bond acceptors (Lipinski definition) is 5. The van der Waals surface area contributed by atoms with Crippen molar-refractivity contribution in [3.63, 3.8) is 0 Å². The van der Waals surface area contributed by atoms with Crippen molar-refractivity contribution in [2.75, 3.05) is 19.7 Å². The molecular weight excluding hydrogens is 306 g/mol. The molecule has 6 heteroatoms. The average Bonchev–Trinajstić information content (AvgIpc) is 2.58. The summed E-state index contributed by atoms with van der Waals surface area (Å²) in [6.45, 7) is 5.51. The minimum atomic E-state index is -0.519. The van der Waals surface area contributed by atoms with Crippen LogP contribution in [0.4, 0.5) is 0 Å². The first-order valence-corrected chi connectivity index (χ1v) is 8.18.